The highest BCUT2D eigenvalue weighted by molar-refractivity contribution is 7.98. The van der Waals surface area contributed by atoms with E-state index in [1.807, 2.05) is 17.8 Å². The number of thioether (sulfide) groups is 1. The molecule has 0 atom stereocenters. The lowest BCUT2D eigenvalue weighted by molar-refractivity contribution is 0.931. The van der Waals surface area contributed by atoms with Gasteiger partial charge in [-0.2, -0.15) is 11.8 Å². The van der Waals surface area contributed by atoms with Crippen LogP contribution in [-0.4, -0.2) is 15.7 Å². The first-order valence-electron chi connectivity index (χ1n) is 5.40. The Balaban J connectivity index is 2.02. The molecule has 1 aromatic heterocycles. The van der Waals surface area contributed by atoms with E-state index < -0.39 is 0 Å². The second-order valence-electron chi connectivity index (χ2n) is 3.86. The molecule has 0 amide bonds. The Morgan fingerprint density at radius 1 is 1.47 bits per heavy atom. The molecule has 0 saturated heterocycles. The average Bonchev–Trinajstić information content (AvgIpc) is 3.00. The Kier molecular flexibility index (Phi) is 3.87. The smallest absolute Gasteiger partial charge is 0.140 e. The van der Waals surface area contributed by atoms with Crippen LogP contribution in [0.5, 0.6) is 0 Å². The Morgan fingerprint density at radius 3 is 2.93 bits per heavy atom. The van der Waals surface area contributed by atoms with Crippen molar-refractivity contribution in [3.05, 3.63) is 22.7 Å². The van der Waals surface area contributed by atoms with E-state index in [9.17, 15) is 0 Å². The highest BCUT2D eigenvalue weighted by atomic mass is 35.5. The molecule has 1 aliphatic rings. The lowest BCUT2D eigenvalue weighted by atomic mass is 10.3. The fraction of sp³-hybridized carbons (Fsp3) is 0.636. The molecule has 0 unspecified atom stereocenters. The monoisotopic (exact) mass is 242 g/mol. The summed E-state index contributed by atoms with van der Waals surface area (Å²) < 4.78 is 0. The van der Waals surface area contributed by atoms with E-state index in [-0.39, 0.29) is 0 Å². The molecule has 15 heavy (non-hydrogen) atoms. The Bertz CT molecular complexity index is 339. The number of nitrogens with zero attached hydrogens (tertiary/aromatic N) is 2. The molecule has 2 nitrogen and oxygen atoms in total. The van der Waals surface area contributed by atoms with Crippen molar-refractivity contribution in [1.29, 1.82) is 0 Å². The number of hydrogen-bond donors (Lipinski definition) is 0. The number of aromatic nitrogens is 2. The zero-order valence-corrected chi connectivity index (χ0v) is 10.4. The molecule has 0 spiro atoms. The van der Waals surface area contributed by atoms with E-state index >= 15 is 0 Å². The van der Waals surface area contributed by atoms with E-state index in [4.69, 9.17) is 11.6 Å². The topological polar surface area (TPSA) is 25.8 Å². The molecule has 4 heteroatoms. The van der Waals surface area contributed by atoms with Gasteiger partial charge in [-0.3, -0.25) is 0 Å². The van der Waals surface area contributed by atoms with Crippen LogP contribution in [0.3, 0.4) is 0 Å². The maximum absolute atomic E-state index is 5.97. The van der Waals surface area contributed by atoms with Crippen LogP contribution in [-0.2, 0) is 5.75 Å². The second-order valence-corrected chi connectivity index (χ2v) is 5.35. The van der Waals surface area contributed by atoms with Crippen molar-refractivity contribution in [2.24, 2.45) is 0 Å². The summed E-state index contributed by atoms with van der Waals surface area (Å²) in [6.45, 7) is 2.18. The van der Waals surface area contributed by atoms with Crippen molar-refractivity contribution in [3.63, 3.8) is 0 Å². The average molecular weight is 243 g/mol. The molecule has 2 rings (SSSR count). The molecule has 1 heterocycles. The van der Waals surface area contributed by atoms with Gasteiger partial charge < -0.3 is 0 Å². The van der Waals surface area contributed by atoms with Crippen LogP contribution in [0.4, 0.5) is 0 Å². The minimum Gasteiger partial charge on any atom is -0.237 e. The highest BCUT2D eigenvalue weighted by Crippen LogP contribution is 2.39. The normalized spacial score (nSPS) is 15.6. The van der Waals surface area contributed by atoms with E-state index in [0.29, 0.717) is 11.1 Å². The minimum atomic E-state index is 0.596. The molecular weight excluding hydrogens is 228 g/mol. The first-order valence-corrected chi connectivity index (χ1v) is 6.94. The number of rotatable bonds is 5. The van der Waals surface area contributed by atoms with Gasteiger partial charge in [0.15, 0.2) is 0 Å². The van der Waals surface area contributed by atoms with E-state index in [0.717, 1.165) is 23.0 Å². The van der Waals surface area contributed by atoms with E-state index in [2.05, 4.69) is 16.9 Å². The van der Waals surface area contributed by atoms with Gasteiger partial charge >= 0.3 is 0 Å². The van der Waals surface area contributed by atoms with Crippen LogP contribution in [0.25, 0.3) is 0 Å². The number of hydrogen-bond acceptors (Lipinski definition) is 3. The summed E-state index contributed by atoms with van der Waals surface area (Å²) >= 11 is 7.85. The van der Waals surface area contributed by atoms with Crippen LogP contribution in [0.1, 0.15) is 43.6 Å². The highest BCUT2D eigenvalue weighted by Gasteiger charge is 2.25. The van der Waals surface area contributed by atoms with Crippen LogP contribution < -0.4 is 0 Å². The predicted molar refractivity (Wildman–Crippen MR) is 65.5 cm³/mol. The molecule has 0 N–H and O–H groups in total. The molecule has 1 aromatic rings. The SMILES string of the molecule is CCCSCc1nc(Cl)cc(C2CC2)n1. The van der Waals surface area contributed by atoms with Crippen LogP contribution in [0.15, 0.2) is 6.07 Å². The van der Waals surface area contributed by atoms with Crippen LogP contribution >= 0.6 is 23.4 Å². The van der Waals surface area contributed by atoms with Gasteiger partial charge in [0, 0.05) is 11.6 Å². The molecule has 0 radical (unpaired) electrons. The Hall–Kier alpha value is -0.280. The van der Waals surface area contributed by atoms with Gasteiger partial charge in [-0.15, -0.1) is 0 Å². The third-order valence-electron chi connectivity index (χ3n) is 2.34. The first kappa shape index (κ1) is 11.2. The van der Waals surface area contributed by atoms with Gasteiger partial charge in [0.1, 0.15) is 11.0 Å². The third-order valence-corrected chi connectivity index (χ3v) is 3.69. The summed E-state index contributed by atoms with van der Waals surface area (Å²) in [5.41, 5.74) is 1.14. The molecule has 1 aliphatic carbocycles. The van der Waals surface area contributed by atoms with Crippen molar-refractivity contribution in [2.45, 2.75) is 37.9 Å². The summed E-state index contributed by atoms with van der Waals surface area (Å²) in [5.74, 6) is 3.59. The predicted octanol–water partition coefficient (Wildman–Crippen LogP) is 3.65. The van der Waals surface area contributed by atoms with Crippen molar-refractivity contribution < 1.29 is 0 Å². The van der Waals surface area contributed by atoms with Gasteiger partial charge in [0.05, 0.1) is 5.75 Å². The molecule has 82 valence electrons. The summed E-state index contributed by atoms with van der Waals surface area (Å²) in [7, 11) is 0. The minimum absolute atomic E-state index is 0.596. The molecule has 1 fully saturated rings. The van der Waals surface area contributed by atoms with Crippen molar-refractivity contribution >= 4 is 23.4 Å². The second kappa shape index (κ2) is 5.17. The molecule has 0 bridgehead atoms. The summed E-state index contributed by atoms with van der Waals surface area (Å²) in [5, 5.41) is 0.596. The quantitative estimate of drug-likeness (QED) is 0.582. The van der Waals surface area contributed by atoms with Gasteiger partial charge in [0.2, 0.25) is 0 Å². The lowest BCUT2D eigenvalue weighted by Gasteiger charge is -2.03. The van der Waals surface area contributed by atoms with Gasteiger partial charge in [-0.1, -0.05) is 18.5 Å². The van der Waals surface area contributed by atoms with Crippen LogP contribution in [0, 0.1) is 0 Å². The lowest BCUT2D eigenvalue weighted by Crippen LogP contribution is -1.97. The maximum atomic E-state index is 5.97. The molecule has 1 saturated carbocycles. The van der Waals surface area contributed by atoms with Gasteiger partial charge in [0.25, 0.3) is 0 Å². The Morgan fingerprint density at radius 2 is 2.27 bits per heavy atom. The summed E-state index contributed by atoms with van der Waals surface area (Å²) in [6.07, 6.45) is 3.71. The third kappa shape index (κ3) is 3.35. The van der Waals surface area contributed by atoms with Crippen molar-refractivity contribution in [1.82, 2.24) is 9.97 Å². The van der Waals surface area contributed by atoms with E-state index in [1.54, 1.807) is 0 Å². The van der Waals surface area contributed by atoms with Crippen molar-refractivity contribution in [2.75, 3.05) is 5.75 Å². The zero-order chi connectivity index (χ0) is 10.7. The fourth-order valence-electron chi connectivity index (χ4n) is 1.44. The summed E-state index contributed by atoms with van der Waals surface area (Å²) in [4.78, 5) is 8.80. The maximum Gasteiger partial charge on any atom is 0.140 e. The molecule has 0 aliphatic heterocycles. The zero-order valence-electron chi connectivity index (χ0n) is 8.87. The molecular formula is C11H15ClN2S. The van der Waals surface area contributed by atoms with E-state index in [1.165, 1.54) is 19.3 Å². The van der Waals surface area contributed by atoms with Crippen molar-refractivity contribution in [3.8, 4) is 0 Å². The number of halogens is 1. The first-order chi connectivity index (χ1) is 7.29. The standard InChI is InChI=1S/C11H15ClN2S/c1-2-5-15-7-11-13-9(8-3-4-8)6-10(12)14-11/h6,8H,2-5,7H2,1H3. The van der Waals surface area contributed by atoms with Gasteiger partial charge in [-0.25, -0.2) is 9.97 Å². The summed E-state index contributed by atoms with van der Waals surface area (Å²) in [6, 6.07) is 1.91. The van der Waals surface area contributed by atoms with Crippen LogP contribution in [0.2, 0.25) is 5.15 Å². The van der Waals surface area contributed by atoms with Gasteiger partial charge in [-0.05, 0) is 31.1 Å². The largest absolute Gasteiger partial charge is 0.237 e. The molecule has 0 aromatic carbocycles. The Labute approximate surface area is 99.8 Å². The fourth-order valence-corrected chi connectivity index (χ4v) is 2.40.